The normalized spacial score (nSPS) is 21.9. The van der Waals surface area contributed by atoms with E-state index in [1.807, 2.05) is 43.9 Å². The molecule has 0 bridgehead atoms. The van der Waals surface area contributed by atoms with Gasteiger partial charge in [0, 0.05) is 17.6 Å². The SMILES string of the molecule is Cc1ccc(Br)c(C(=O)N2CC(CCl)OC(C)(C)C2)c1. The third kappa shape index (κ3) is 3.54. The Bertz CT molecular complexity index is 519. The summed E-state index contributed by atoms with van der Waals surface area (Å²) in [5.41, 5.74) is 1.39. The number of carbonyl (C=O) groups excluding carboxylic acids is 1. The summed E-state index contributed by atoms with van der Waals surface area (Å²) >= 11 is 9.36. The van der Waals surface area contributed by atoms with E-state index in [-0.39, 0.29) is 17.6 Å². The molecule has 1 heterocycles. The van der Waals surface area contributed by atoms with Gasteiger partial charge in [0.1, 0.15) is 0 Å². The molecule has 0 saturated carbocycles. The Morgan fingerprint density at radius 2 is 2.25 bits per heavy atom. The van der Waals surface area contributed by atoms with E-state index in [4.69, 9.17) is 16.3 Å². The van der Waals surface area contributed by atoms with E-state index in [1.54, 1.807) is 0 Å². The Labute approximate surface area is 133 Å². The van der Waals surface area contributed by atoms with E-state index in [2.05, 4.69) is 15.9 Å². The molecule has 3 nitrogen and oxygen atoms in total. The summed E-state index contributed by atoms with van der Waals surface area (Å²) in [4.78, 5) is 14.5. The molecule has 0 N–H and O–H groups in total. The molecule has 5 heteroatoms. The minimum Gasteiger partial charge on any atom is -0.367 e. The van der Waals surface area contributed by atoms with E-state index in [1.165, 1.54) is 0 Å². The largest absolute Gasteiger partial charge is 0.367 e. The first kappa shape index (κ1) is 15.8. The molecule has 1 fully saturated rings. The number of hydrogen-bond donors (Lipinski definition) is 0. The standard InChI is InChI=1S/C15H19BrClNO2/c1-10-4-5-13(16)12(6-10)14(19)18-8-11(7-17)20-15(2,3)9-18/h4-6,11H,7-9H2,1-3H3. The van der Waals surface area contributed by atoms with Crippen LogP contribution < -0.4 is 0 Å². The highest BCUT2D eigenvalue weighted by atomic mass is 79.9. The Morgan fingerprint density at radius 3 is 2.90 bits per heavy atom. The zero-order valence-electron chi connectivity index (χ0n) is 12.0. The van der Waals surface area contributed by atoms with Crippen molar-refractivity contribution in [3.63, 3.8) is 0 Å². The van der Waals surface area contributed by atoms with Crippen molar-refractivity contribution in [3.05, 3.63) is 33.8 Å². The van der Waals surface area contributed by atoms with E-state index in [9.17, 15) is 4.79 Å². The number of carbonyl (C=O) groups is 1. The van der Waals surface area contributed by atoms with Gasteiger partial charge in [-0.1, -0.05) is 11.6 Å². The second kappa shape index (κ2) is 6.04. The summed E-state index contributed by atoms with van der Waals surface area (Å²) in [6.07, 6.45) is -0.118. The molecule has 110 valence electrons. The number of benzene rings is 1. The Balaban J connectivity index is 2.25. The third-order valence-corrected chi connectivity index (χ3v) is 4.33. The molecule has 1 unspecified atom stereocenters. The fourth-order valence-electron chi connectivity index (χ4n) is 2.50. The van der Waals surface area contributed by atoms with Gasteiger partial charge >= 0.3 is 0 Å². The van der Waals surface area contributed by atoms with E-state index >= 15 is 0 Å². The molecule has 1 saturated heterocycles. The topological polar surface area (TPSA) is 29.5 Å². The van der Waals surface area contributed by atoms with Crippen molar-refractivity contribution in [2.45, 2.75) is 32.5 Å². The number of hydrogen-bond acceptors (Lipinski definition) is 2. The molecular formula is C15H19BrClNO2. The smallest absolute Gasteiger partial charge is 0.255 e. The summed E-state index contributed by atoms with van der Waals surface area (Å²) in [5, 5.41) is 0. The van der Waals surface area contributed by atoms with Crippen molar-refractivity contribution in [3.8, 4) is 0 Å². The first-order chi connectivity index (χ1) is 9.32. The van der Waals surface area contributed by atoms with Gasteiger partial charge in [-0.15, -0.1) is 11.6 Å². The molecule has 1 aromatic rings. The number of alkyl halides is 1. The van der Waals surface area contributed by atoms with E-state index < -0.39 is 0 Å². The van der Waals surface area contributed by atoms with Gasteiger partial charge in [0.15, 0.2) is 0 Å². The molecule has 0 spiro atoms. The van der Waals surface area contributed by atoms with E-state index in [0.29, 0.717) is 24.5 Å². The van der Waals surface area contributed by atoms with Gasteiger partial charge in [0.05, 0.1) is 23.1 Å². The molecule has 1 amide bonds. The average Bonchev–Trinajstić information content (AvgIpc) is 2.38. The maximum absolute atomic E-state index is 12.7. The first-order valence-corrected chi connectivity index (χ1v) is 7.94. The highest BCUT2D eigenvalue weighted by molar-refractivity contribution is 9.10. The molecule has 2 rings (SSSR count). The van der Waals surface area contributed by atoms with Gasteiger partial charge in [0.2, 0.25) is 0 Å². The molecular weight excluding hydrogens is 342 g/mol. The summed E-state index contributed by atoms with van der Waals surface area (Å²) in [6.45, 7) is 7.05. The molecule has 0 aromatic heterocycles. The maximum Gasteiger partial charge on any atom is 0.255 e. The lowest BCUT2D eigenvalue weighted by atomic mass is 10.0. The molecule has 1 aliphatic heterocycles. The number of rotatable bonds is 2. The Kier molecular flexibility index (Phi) is 4.77. The highest BCUT2D eigenvalue weighted by Gasteiger charge is 2.35. The Morgan fingerprint density at radius 1 is 1.55 bits per heavy atom. The number of ether oxygens (including phenoxy) is 1. The predicted octanol–water partition coefficient (Wildman–Crippen LogP) is 3.62. The number of morpholine rings is 1. The number of nitrogens with zero attached hydrogens (tertiary/aromatic N) is 1. The number of aryl methyl sites for hydroxylation is 1. The van der Waals surface area contributed by atoms with Crippen molar-refractivity contribution in [2.75, 3.05) is 19.0 Å². The number of amides is 1. The van der Waals surface area contributed by atoms with Crippen LogP contribution in [0.15, 0.2) is 22.7 Å². The van der Waals surface area contributed by atoms with Crippen molar-refractivity contribution in [2.24, 2.45) is 0 Å². The monoisotopic (exact) mass is 359 g/mol. The van der Waals surface area contributed by atoms with Gasteiger partial charge < -0.3 is 9.64 Å². The third-order valence-electron chi connectivity index (χ3n) is 3.29. The van der Waals surface area contributed by atoms with Crippen molar-refractivity contribution in [1.82, 2.24) is 4.90 Å². The lowest BCUT2D eigenvalue weighted by Gasteiger charge is -2.42. The minimum absolute atomic E-state index is 0.0204. The van der Waals surface area contributed by atoms with Crippen molar-refractivity contribution < 1.29 is 9.53 Å². The molecule has 1 atom stereocenters. The summed E-state index contributed by atoms with van der Waals surface area (Å²) < 4.78 is 6.67. The summed E-state index contributed by atoms with van der Waals surface area (Å²) in [6, 6.07) is 5.80. The predicted molar refractivity (Wildman–Crippen MR) is 84.5 cm³/mol. The van der Waals surface area contributed by atoms with Crippen LogP contribution in [0.3, 0.4) is 0 Å². The van der Waals surface area contributed by atoms with Crippen LogP contribution in [-0.2, 0) is 4.74 Å². The second-order valence-electron chi connectivity index (χ2n) is 5.82. The highest BCUT2D eigenvalue weighted by Crippen LogP contribution is 2.26. The van der Waals surface area contributed by atoms with Crippen LogP contribution in [0.25, 0.3) is 0 Å². The molecule has 20 heavy (non-hydrogen) atoms. The molecule has 1 aromatic carbocycles. The fourth-order valence-corrected chi connectivity index (χ4v) is 3.08. The van der Waals surface area contributed by atoms with Crippen LogP contribution in [0.4, 0.5) is 0 Å². The van der Waals surface area contributed by atoms with Gasteiger partial charge in [-0.05, 0) is 48.8 Å². The van der Waals surface area contributed by atoms with Crippen molar-refractivity contribution >= 4 is 33.4 Å². The van der Waals surface area contributed by atoms with Crippen molar-refractivity contribution in [1.29, 1.82) is 0 Å². The molecule has 0 aliphatic carbocycles. The fraction of sp³-hybridized carbons (Fsp3) is 0.533. The maximum atomic E-state index is 12.7. The second-order valence-corrected chi connectivity index (χ2v) is 6.99. The average molecular weight is 361 g/mol. The van der Waals surface area contributed by atoms with Crippen LogP contribution in [-0.4, -0.2) is 41.5 Å². The first-order valence-electron chi connectivity index (χ1n) is 6.61. The van der Waals surface area contributed by atoms with Crippen LogP contribution in [0.5, 0.6) is 0 Å². The van der Waals surface area contributed by atoms with Crippen LogP contribution in [0.2, 0.25) is 0 Å². The van der Waals surface area contributed by atoms with Crippen LogP contribution >= 0.6 is 27.5 Å². The lowest BCUT2D eigenvalue weighted by molar-refractivity contribution is -0.117. The van der Waals surface area contributed by atoms with Gasteiger partial charge in [-0.3, -0.25) is 4.79 Å². The van der Waals surface area contributed by atoms with E-state index in [0.717, 1.165) is 10.0 Å². The minimum atomic E-state index is -0.371. The van der Waals surface area contributed by atoms with Gasteiger partial charge in [-0.25, -0.2) is 0 Å². The van der Waals surface area contributed by atoms with Gasteiger partial charge in [0.25, 0.3) is 5.91 Å². The number of halogens is 2. The summed E-state index contributed by atoms with van der Waals surface area (Å²) in [7, 11) is 0. The zero-order valence-corrected chi connectivity index (χ0v) is 14.3. The van der Waals surface area contributed by atoms with Gasteiger partial charge in [-0.2, -0.15) is 0 Å². The zero-order chi connectivity index (χ0) is 14.9. The van der Waals surface area contributed by atoms with Crippen LogP contribution in [0, 0.1) is 6.92 Å². The summed E-state index contributed by atoms with van der Waals surface area (Å²) in [5.74, 6) is 0.412. The Hall–Kier alpha value is -0.580. The quantitative estimate of drug-likeness (QED) is 0.754. The van der Waals surface area contributed by atoms with Crippen LogP contribution in [0.1, 0.15) is 29.8 Å². The molecule has 0 radical (unpaired) electrons. The molecule has 1 aliphatic rings. The lowest BCUT2D eigenvalue weighted by Crippen LogP contribution is -2.55.